The second-order valence-electron chi connectivity index (χ2n) is 15.7. The molecule has 0 aliphatic carbocycles. The van der Waals surface area contributed by atoms with Crippen LogP contribution in [0, 0.1) is 0 Å². The fraction of sp³-hybridized carbons (Fsp3) is 0.725. The molecule has 8 nitrogen and oxygen atoms in total. The van der Waals surface area contributed by atoms with Crippen LogP contribution in [-0.2, 0) is 32.7 Å². The van der Waals surface area contributed by atoms with E-state index in [2.05, 4.69) is 86.8 Å². The molecule has 2 unspecified atom stereocenters. The van der Waals surface area contributed by atoms with Gasteiger partial charge in [-0.05, 0) is 90.4 Å². The summed E-state index contributed by atoms with van der Waals surface area (Å²) < 4.78 is 32.7. The van der Waals surface area contributed by atoms with E-state index in [0.29, 0.717) is 6.42 Å². The van der Waals surface area contributed by atoms with E-state index < -0.39 is 26.5 Å². The van der Waals surface area contributed by atoms with Crippen molar-refractivity contribution in [2.24, 2.45) is 0 Å². The molecule has 0 heterocycles. The molecule has 2 atom stereocenters. The van der Waals surface area contributed by atoms with Gasteiger partial charge in [0.15, 0.2) is 6.10 Å². The zero-order valence-electron chi connectivity index (χ0n) is 38.6. The van der Waals surface area contributed by atoms with Gasteiger partial charge in [-0.1, -0.05) is 183 Å². The number of unbranched alkanes of at least 4 members (excludes halogenated alkanes) is 20. The molecule has 0 aliphatic heterocycles. The number of carbonyl (C=O) groups excluding carboxylic acids is 2. The van der Waals surface area contributed by atoms with Crippen molar-refractivity contribution in [1.29, 1.82) is 0 Å². The second kappa shape index (κ2) is 46.0. The summed E-state index contributed by atoms with van der Waals surface area (Å²) in [6.07, 6.45) is 58.2. The molecule has 0 spiro atoms. The van der Waals surface area contributed by atoms with Crippen molar-refractivity contribution in [1.82, 2.24) is 0 Å². The van der Waals surface area contributed by atoms with E-state index in [0.717, 1.165) is 77.0 Å². The Bertz CT molecular complexity index is 1200. The SMILES string of the molecule is CC/C=C\C/C=C\C/C=C\C/C=C\CCCCCCC(=O)OC(COC(=O)CCCCCCCCCCCCC/C=C\C/C=C\CCCCCCC)COP(=O)(O)OCC. The molecular formula is C51H89O8P. The number of allylic oxidation sites excluding steroid dienone is 12. The Kier molecular flexibility index (Phi) is 44.1. The summed E-state index contributed by atoms with van der Waals surface area (Å²) in [7, 11) is -4.30. The molecule has 0 fully saturated rings. The van der Waals surface area contributed by atoms with Crippen molar-refractivity contribution < 1.29 is 37.6 Å². The van der Waals surface area contributed by atoms with Crippen molar-refractivity contribution in [2.75, 3.05) is 19.8 Å². The van der Waals surface area contributed by atoms with Crippen molar-refractivity contribution in [3.8, 4) is 0 Å². The summed E-state index contributed by atoms with van der Waals surface area (Å²) in [5.41, 5.74) is 0. The van der Waals surface area contributed by atoms with Gasteiger partial charge in [0.1, 0.15) is 6.61 Å². The highest BCUT2D eigenvalue weighted by molar-refractivity contribution is 7.47. The Morgan fingerprint density at radius 2 is 0.850 bits per heavy atom. The largest absolute Gasteiger partial charge is 0.472 e. The van der Waals surface area contributed by atoms with Crippen LogP contribution in [0.2, 0.25) is 0 Å². The third-order valence-corrected chi connectivity index (χ3v) is 11.1. The summed E-state index contributed by atoms with van der Waals surface area (Å²) in [6, 6.07) is 0. The number of phosphoric ester groups is 1. The smallest absolute Gasteiger partial charge is 0.462 e. The van der Waals surface area contributed by atoms with E-state index in [9.17, 15) is 19.0 Å². The molecule has 1 N–H and O–H groups in total. The van der Waals surface area contributed by atoms with Gasteiger partial charge in [0.2, 0.25) is 0 Å². The topological polar surface area (TPSA) is 108 Å². The van der Waals surface area contributed by atoms with Crippen LogP contribution < -0.4 is 0 Å². The summed E-state index contributed by atoms with van der Waals surface area (Å²) in [6.45, 7) is 5.33. The lowest BCUT2D eigenvalue weighted by Gasteiger charge is -2.19. The lowest BCUT2D eigenvalue weighted by molar-refractivity contribution is -0.161. The molecule has 0 aliphatic rings. The maximum Gasteiger partial charge on any atom is 0.472 e. The molecule has 0 amide bonds. The third kappa shape index (κ3) is 45.0. The fourth-order valence-corrected chi connectivity index (χ4v) is 7.23. The average molecular weight is 861 g/mol. The average Bonchev–Trinajstić information content (AvgIpc) is 3.23. The van der Waals surface area contributed by atoms with E-state index >= 15 is 0 Å². The highest BCUT2D eigenvalue weighted by atomic mass is 31.2. The Morgan fingerprint density at radius 1 is 0.467 bits per heavy atom. The number of ether oxygens (including phenoxy) is 2. The van der Waals surface area contributed by atoms with Crippen LogP contribution in [0.3, 0.4) is 0 Å². The molecule has 0 aromatic carbocycles. The number of esters is 2. The van der Waals surface area contributed by atoms with Crippen LogP contribution in [0.15, 0.2) is 72.9 Å². The molecule has 0 aromatic rings. The lowest BCUT2D eigenvalue weighted by Crippen LogP contribution is -2.29. The van der Waals surface area contributed by atoms with Crippen molar-refractivity contribution in [3.05, 3.63) is 72.9 Å². The van der Waals surface area contributed by atoms with Crippen molar-refractivity contribution in [3.63, 3.8) is 0 Å². The minimum atomic E-state index is -4.30. The van der Waals surface area contributed by atoms with Gasteiger partial charge in [-0.15, -0.1) is 0 Å². The monoisotopic (exact) mass is 861 g/mol. The Hall–Kier alpha value is -2.51. The number of rotatable bonds is 44. The van der Waals surface area contributed by atoms with E-state index in [4.69, 9.17) is 18.5 Å². The van der Waals surface area contributed by atoms with E-state index in [1.54, 1.807) is 6.92 Å². The first-order valence-electron chi connectivity index (χ1n) is 24.2. The normalized spacial score (nSPS) is 13.9. The van der Waals surface area contributed by atoms with Crippen LogP contribution in [0.5, 0.6) is 0 Å². The minimum absolute atomic E-state index is 0.00813. The van der Waals surface area contributed by atoms with Crippen LogP contribution in [0.1, 0.15) is 213 Å². The predicted molar refractivity (Wildman–Crippen MR) is 253 cm³/mol. The molecule has 9 heteroatoms. The number of hydrogen-bond donors (Lipinski definition) is 1. The maximum absolute atomic E-state index is 12.6. The first kappa shape index (κ1) is 57.5. The highest BCUT2D eigenvalue weighted by Crippen LogP contribution is 2.43. The van der Waals surface area contributed by atoms with Crippen LogP contribution in [-0.4, -0.2) is 42.8 Å². The van der Waals surface area contributed by atoms with Gasteiger partial charge < -0.3 is 14.4 Å². The van der Waals surface area contributed by atoms with Gasteiger partial charge in [-0.3, -0.25) is 18.6 Å². The lowest BCUT2D eigenvalue weighted by atomic mass is 10.0. The Labute approximate surface area is 368 Å². The van der Waals surface area contributed by atoms with Gasteiger partial charge in [0.25, 0.3) is 0 Å². The Morgan fingerprint density at radius 3 is 1.28 bits per heavy atom. The summed E-state index contributed by atoms with van der Waals surface area (Å²) in [5.74, 6) is -0.829. The van der Waals surface area contributed by atoms with Crippen LogP contribution in [0.4, 0.5) is 0 Å². The van der Waals surface area contributed by atoms with Gasteiger partial charge in [0.05, 0.1) is 13.2 Å². The van der Waals surface area contributed by atoms with Gasteiger partial charge in [-0.2, -0.15) is 0 Å². The molecule has 0 bridgehead atoms. The van der Waals surface area contributed by atoms with E-state index in [1.165, 1.54) is 96.3 Å². The quantitative estimate of drug-likeness (QED) is 0.0279. The molecule has 0 saturated heterocycles. The zero-order valence-corrected chi connectivity index (χ0v) is 39.5. The molecule has 60 heavy (non-hydrogen) atoms. The highest BCUT2D eigenvalue weighted by Gasteiger charge is 2.25. The molecule has 0 radical (unpaired) electrons. The summed E-state index contributed by atoms with van der Waals surface area (Å²) in [4.78, 5) is 34.9. The molecular weight excluding hydrogens is 772 g/mol. The summed E-state index contributed by atoms with van der Waals surface area (Å²) >= 11 is 0. The van der Waals surface area contributed by atoms with E-state index in [1.807, 2.05) is 0 Å². The number of carbonyl (C=O) groups is 2. The number of hydrogen-bond acceptors (Lipinski definition) is 7. The number of phosphoric acid groups is 1. The molecule has 0 rings (SSSR count). The zero-order chi connectivity index (χ0) is 43.9. The standard InChI is InChI=1S/C51H89O8P/c1-4-7-9-11-13-15-17-19-21-23-24-25-26-27-28-30-31-33-35-37-39-41-43-45-50(52)56-47-49(48-58-60(54,55)57-6-3)59-51(53)46-44-42-40-38-36-34-32-29-22-20-18-16-14-12-10-8-5-2/h8,10,14,16-17,19-20,22-24,32,34,49H,4-7,9,11-13,15,18,21,25-31,33,35-48H2,1-3H3,(H,54,55)/b10-8-,16-14-,19-17-,22-20-,24-23-,34-32-. The van der Waals surface area contributed by atoms with Crippen LogP contribution in [0.25, 0.3) is 0 Å². The maximum atomic E-state index is 12.6. The first-order chi connectivity index (χ1) is 29.3. The van der Waals surface area contributed by atoms with Gasteiger partial charge in [0, 0.05) is 12.8 Å². The van der Waals surface area contributed by atoms with Crippen molar-refractivity contribution >= 4 is 19.8 Å². The van der Waals surface area contributed by atoms with Gasteiger partial charge in [-0.25, -0.2) is 4.57 Å². The van der Waals surface area contributed by atoms with Gasteiger partial charge >= 0.3 is 19.8 Å². The predicted octanol–water partition coefficient (Wildman–Crippen LogP) is 15.7. The molecule has 0 saturated carbocycles. The molecule has 0 aromatic heterocycles. The van der Waals surface area contributed by atoms with E-state index in [-0.39, 0.29) is 32.0 Å². The fourth-order valence-electron chi connectivity index (χ4n) is 6.47. The second-order valence-corrected chi connectivity index (χ2v) is 17.2. The molecule has 346 valence electrons. The minimum Gasteiger partial charge on any atom is -0.462 e. The Balaban J connectivity index is 4.04. The van der Waals surface area contributed by atoms with Crippen LogP contribution >= 0.6 is 7.82 Å². The summed E-state index contributed by atoms with van der Waals surface area (Å²) in [5, 5.41) is 0. The van der Waals surface area contributed by atoms with Crippen molar-refractivity contribution in [2.45, 2.75) is 219 Å². The third-order valence-electron chi connectivity index (χ3n) is 10.00. The first-order valence-corrected chi connectivity index (χ1v) is 25.7.